The third kappa shape index (κ3) is 7.08. The van der Waals surface area contributed by atoms with Gasteiger partial charge in [0.2, 0.25) is 0 Å². The molecular weight excluding hydrogens is 306 g/mol. The predicted octanol–water partition coefficient (Wildman–Crippen LogP) is 2.21. The highest BCUT2D eigenvalue weighted by Crippen LogP contribution is 2.06. The molecule has 6 nitrogen and oxygen atoms in total. The Morgan fingerprint density at radius 1 is 1.12 bits per heavy atom. The monoisotopic (exact) mass is 335 g/mol. The Bertz CT molecular complexity index is 490. The minimum absolute atomic E-state index is 0.0908. The molecule has 6 heteroatoms. The van der Waals surface area contributed by atoms with Gasteiger partial charge >= 0.3 is 5.97 Å². The Morgan fingerprint density at radius 3 is 2.46 bits per heavy atom. The molecule has 0 aliphatic heterocycles. The first kappa shape index (κ1) is 20.1. The van der Waals surface area contributed by atoms with Crippen LogP contribution in [0.15, 0.2) is 24.5 Å². The molecule has 1 amide bonds. The van der Waals surface area contributed by atoms with Crippen LogP contribution in [0.2, 0.25) is 0 Å². The number of aromatic nitrogens is 1. The van der Waals surface area contributed by atoms with Gasteiger partial charge in [-0.25, -0.2) is 0 Å². The second-order valence-corrected chi connectivity index (χ2v) is 5.47. The van der Waals surface area contributed by atoms with Crippen molar-refractivity contribution in [2.45, 2.75) is 33.6 Å². The van der Waals surface area contributed by atoms with Gasteiger partial charge in [-0.1, -0.05) is 13.8 Å². The lowest BCUT2D eigenvalue weighted by molar-refractivity contribution is -0.143. The van der Waals surface area contributed by atoms with Crippen molar-refractivity contribution < 1.29 is 14.3 Å². The highest BCUT2D eigenvalue weighted by molar-refractivity contribution is 5.94. The van der Waals surface area contributed by atoms with E-state index in [0.717, 1.165) is 26.1 Å². The molecule has 0 aliphatic carbocycles. The molecule has 0 saturated carbocycles. The lowest BCUT2D eigenvalue weighted by Gasteiger charge is -2.24. The fourth-order valence-electron chi connectivity index (χ4n) is 2.47. The van der Waals surface area contributed by atoms with Gasteiger partial charge in [0.1, 0.15) is 0 Å². The molecule has 1 aromatic rings. The van der Waals surface area contributed by atoms with Crippen LogP contribution >= 0.6 is 0 Å². The van der Waals surface area contributed by atoms with Crippen LogP contribution < -0.4 is 0 Å². The first-order chi connectivity index (χ1) is 11.6. The van der Waals surface area contributed by atoms with Crippen molar-refractivity contribution in [1.82, 2.24) is 14.8 Å². The summed E-state index contributed by atoms with van der Waals surface area (Å²) in [6.45, 7) is 10.3. The molecule has 0 unspecified atom stereocenters. The second kappa shape index (κ2) is 11.6. The van der Waals surface area contributed by atoms with Crippen molar-refractivity contribution >= 4 is 11.9 Å². The summed E-state index contributed by atoms with van der Waals surface area (Å²) >= 11 is 0. The lowest BCUT2D eigenvalue weighted by atomic mass is 10.2. The number of nitrogens with zero attached hydrogens (tertiary/aromatic N) is 3. The molecule has 0 spiro atoms. The minimum atomic E-state index is -0.273. The average Bonchev–Trinajstić information content (AvgIpc) is 2.61. The van der Waals surface area contributed by atoms with Crippen LogP contribution in [0.1, 0.15) is 44.0 Å². The Balaban J connectivity index is 2.64. The zero-order valence-electron chi connectivity index (χ0n) is 15.0. The van der Waals surface area contributed by atoms with Crippen LogP contribution in [-0.4, -0.2) is 66.0 Å². The second-order valence-electron chi connectivity index (χ2n) is 5.47. The molecule has 0 atom stereocenters. The van der Waals surface area contributed by atoms with Crippen molar-refractivity contribution in [2.24, 2.45) is 0 Å². The van der Waals surface area contributed by atoms with E-state index in [2.05, 4.69) is 23.7 Å². The number of rotatable bonds is 11. The summed E-state index contributed by atoms with van der Waals surface area (Å²) in [5.74, 6) is -0.364. The maximum atomic E-state index is 12.7. The molecule has 0 radical (unpaired) electrons. The van der Waals surface area contributed by atoms with Crippen molar-refractivity contribution in [3.05, 3.63) is 30.1 Å². The van der Waals surface area contributed by atoms with Crippen LogP contribution in [0.3, 0.4) is 0 Å². The van der Waals surface area contributed by atoms with Crippen molar-refractivity contribution in [3.8, 4) is 0 Å². The van der Waals surface area contributed by atoms with E-state index in [1.54, 1.807) is 36.4 Å². The SMILES string of the molecule is CCOC(=O)CCN(CCCN(CC)CC)C(=O)c1cccnc1. The maximum absolute atomic E-state index is 12.7. The molecule has 1 aromatic heterocycles. The van der Waals surface area contributed by atoms with Gasteiger partial charge in [-0.05, 0) is 45.1 Å². The van der Waals surface area contributed by atoms with Gasteiger partial charge in [-0.3, -0.25) is 14.6 Å². The molecule has 0 aliphatic rings. The van der Waals surface area contributed by atoms with Crippen LogP contribution in [0, 0.1) is 0 Å². The zero-order chi connectivity index (χ0) is 17.8. The van der Waals surface area contributed by atoms with Gasteiger partial charge < -0.3 is 14.5 Å². The predicted molar refractivity (Wildman–Crippen MR) is 93.8 cm³/mol. The van der Waals surface area contributed by atoms with E-state index in [0.29, 0.717) is 25.3 Å². The minimum Gasteiger partial charge on any atom is -0.466 e. The number of amides is 1. The Kier molecular flexibility index (Phi) is 9.68. The molecule has 134 valence electrons. The molecule has 0 bridgehead atoms. The molecular formula is C18H29N3O3. The van der Waals surface area contributed by atoms with Crippen LogP contribution in [0.25, 0.3) is 0 Å². The first-order valence-corrected chi connectivity index (χ1v) is 8.69. The highest BCUT2D eigenvalue weighted by Gasteiger charge is 2.17. The lowest BCUT2D eigenvalue weighted by Crippen LogP contribution is -2.36. The number of hydrogen-bond donors (Lipinski definition) is 0. The normalized spacial score (nSPS) is 10.7. The molecule has 1 rings (SSSR count). The third-order valence-electron chi connectivity index (χ3n) is 3.88. The number of esters is 1. The topological polar surface area (TPSA) is 62.7 Å². The van der Waals surface area contributed by atoms with E-state index >= 15 is 0 Å². The number of carbonyl (C=O) groups excluding carboxylic acids is 2. The quantitative estimate of drug-likeness (QED) is 0.580. The largest absolute Gasteiger partial charge is 0.466 e. The fourth-order valence-corrected chi connectivity index (χ4v) is 2.47. The average molecular weight is 335 g/mol. The molecule has 24 heavy (non-hydrogen) atoms. The van der Waals surface area contributed by atoms with Crippen molar-refractivity contribution in [3.63, 3.8) is 0 Å². The summed E-state index contributed by atoms with van der Waals surface area (Å²) in [5.41, 5.74) is 0.546. The Labute approximate surface area is 144 Å². The van der Waals surface area contributed by atoms with E-state index < -0.39 is 0 Å². The summed E-state index contributed by atoms with van der Waals surface area (Å²) in [7, 11) is 0. The fraction of sp³-hybridized carbons (Fsp3) is 0.611. The molecule has 0 fully saturated rings. The number of ether oxygens (including phenoxy) is 1. The van der Waals surface area contributed by atoms with E-state index in [4.69, 9.17) is 4.74 Å². The zero-order valence-corrected chi connectivity index (χ0v) is 15.0. The van der Waals surface area contributed by atoms with E-state index in [1.807, 2.05) is 0 Å². The Morgan fingerprint density at radius 2 is 1.88 bits per heavy atom. The summed E-state index contributed by atoms with van der Waals surface area (Å²) in [6, 6.07) is 3.49. The maximum Gasteiger partial charge on any atom is 0.307 e. The number of hydrogen-bond acceptors (Lipinski definition) is 5. The summed E-state index contributed by atoms with van der Waals surface area (Å²) in [5, 5.41) is 0. The molecule has 0 aromatic carbocycles. The highest BCUT2D eigenvalue weighted by atomic mass is 16.5. The standard InChI is InChI=1S/C18H29N3O3/c1-4-20(5-2)12-8-13-21(14-10-17(22)24-6-3)18(23)16-9-7-11-19-15-16/h7,9,11,15H,4-6,8,10,12-14H2,1-3H3. The summed E-state index contributed by atoms with van der Waals surface area (Å²) in [6.07, 6.45) is 4.28. The third-order valence-corrected chi connectivity index (χ3v) is 3.88. The van der Waals surface area contributed by atoms with Crippen LogP contribution in [0.4, 0.5) is 0 Å². The smallest absolute Gasteiger partial charge is 0.307 e. The Hall–Kier alpha value is -1.95. The number of carbonyl (C=O) groups is 2. The molecule has 1 heterocycles. The summed E-state index contributed by atoms with van der Waals surface area (Å²) in [4.78, 5) is 32.3. The van der Waals surface area contributed by atoms with Gasteiger partial charge in [0.15, 0.2) is 0 Å². The van der Waals surface area contributed by atoms with Crippen molar-refractivity contribution in [1.29, 1.82) is 0 Å². The van der Waals surface area contributed by atoms with E-state index in [9.17, 15) is 9.59 Å². The number of pyridine rings is 1. The first-order valence-electron chi connectivity index (χ1n) is 8.69. The van der Waals surface area contributed by atoms with Crippen LogP contribution in [-0.2, 0) is 9.53 Å². The van der Waals surface area contributed by atoms with E-state index in [-0.39, 0.29) is 18.3 Å². The van der Waals surface area contributed by atoms with Gasteiger partial charge in [-0.2, -0.15) is 0 Å². The summed E-state index contributed by atoms with van der Waals surface area (Å²) < 4.78 is 4.96. The molecule has 0 saturated heterocycles. The molecule has 0 N–H and O–H groups in total. The van der Waals surface area contributed by atoms with Crippen LogP contribution in [0.5, 0.6) is 0 Å². The van der Waals surface area contributed by atoms with Gasteiger partial charge in [0.05, 0.1) is 18.6 Å². The van der Waals surface area contributed by atoms with Crippen molar-refractivity contribution in [2.75, 3.05) is 39.3 Å². The van der Waals surface area contributed by atoms with Gasteiger partial charge in [-0.15, -0.1) is 0 Å². The van der Waals surface area contributed by atoms with Gasteiger partial charge in [0, 0.05) is 25.5 Å². The van der Waals surface area contributed by atoms with E-state index in [1.165, 1.54) is 0 Å². The van der Waals surface area contributed by atoms with Gasteiger partial charge in [0.25, 0.3) is 5.91 Å².